The normalized spacial score (nSPS) is 37.2. The average Bonchev–Trinajstić information content (AvgIpc) is 2.77. The van der Waals surface area contributed by atoms with Gasteiger partial charge in [-0.3, -0.25) is 0 Å². The number of rotatable bonds is 3. The van der Waals surface area contributed by atoms with Crippen LogP contribution >= 0.6 is 0 Å². The lowest BCUT2D eigenvalue weighted by Crippen LogP contribution is -2.19. The molecule has 0 spiro atoms. The monoisotopic (exact) mass is 192 g/mol. The van der Waals surface area contributed by atoms with Crippen LogP contribution in [0.2, 0.25) is 0 Å². The number of hydrogen-bond donors (Lipinski definition) is 0. The van der Waals surface area contributed by atoms with Crippen LogP contribution in [-0.4, -0.2) is 6.29 Å². The first-order chi connectivity index (χ1) is 6.74. The summed E-state index contributed by atoms with van der Waals surface area (Å²) in [5, 5.41) is 0. The van der Waals surface area contributed by atoms with Gasteiger partial charge in [0.15, 0.2) is 0 Å². The summed E-state index contributed by atoms with van der Waals surface area (Å²) in [6.07, 6.45) is 11.9. The van der Waals surface area contributed by atoms with Gasteiger partial charge in [-0.15, -0.1) is 0 Å². The summed E-state index contributed by atoms with van der Waals surface area (Å²) in [7, 11) is 0. The van der Waals surface area contributed by atoms with Crippen LogP contribution in [0.3, 0.4) is 0 Å². The molecule has 14 heavy (non-hydrogen) atoms. The van der Waals surface area contributed by atoms with E-state index >= 15 is 0 Å². The third-order valence-corrected chi connectivity index (χ3v) is 3.85. The van der Waals surface area contributed by atoms with Crippen molar-refractivity contribution in [2.75, 3.05) is 0 Å². The largest absolute Gasteiger partial charge is 0.303 e. The van der Waals surface area contributed by atoms with E-state index in [2.05, 4.69) is 13.0 Å². The second kappa shape index (κ2) is 3.88. The first-order valence-electron chi connectivity index (χ1n) is 5.88. The SMILES string of the molecule is CC1CCC(C=O)(CC2=CCCC2)C1. The van der Waals surface area contributed by atoms with E-state index in [0.29, 0.717) is 0 Å². The van der Waals surface area contributed by atoms with Gasteiger partial charge in [-0.1, -0.05) is 18.6 Å². The molecule has 0 amide bonds. The number of carbonyl (C=O) groups excluding carboxylic acids is 1. The molecule has 2 unspecified atom stereocenters. The van der Waals surface area contributed by atoms with Gasteiger partial charge in [0.2, 0.25) is 0 Å². The van der Waals surface area contributed by atoms with Gasteiger partial charge in [0.25, 0.3) is 0 Å². The van der Waals surface area contributed by atoms with Crippen LogP contribution in [0.5, 0.6) is 0 Å². The van der Waals surface area contributed by atoms with Crippen molar-refractivity contribution in [3.05, 3.63) is 11.6 Å². The van der Waals surface area contributed by atoms with Crippen molar-refractivity contribution in [2.45, 2.75) is 51.9 Å². The van der Waals surface area contributed by atoms with Gasteiger partial charge in [-0.05, 0) is 50.9 Å². The Morgan fingerprint density at radius 1 is 1.64 bits per heavy atom. The number of allylic oxidation sites excluding steroid dienone is 2. The molecule has 0 aromatic rings. The predicted octanol–water partition coefficient (Wildman–Crippen LogP) is 3.49. The molecule has 2 aliphatic carbocycles. The fourth-order valence-electron chi connectivity index (χ4n) is 3.09. The van der Waals surface area contributed by atoms with Crippen molar-refractivity contribution in [3.63, 3.8) is 0 Å². The third kappa shape index (κ3) is 1.92. The van der Waals surface area contributed by atoms with E-state index in [1.54, 1.807) is 5.57 Å². The molecule has 0 radical (unpaired) electrons. The second-order valence-electron chi connectivity index (χ2n) is 5.26. The van der Waals surface area contributed by atoms with E-state index in [0.717, 1.165) is 25.2 Å². The highest BCUT2D eigenvalue weighted by atomic mass is 16.1. The average molecular weight is 192 g/mol. The zero-order chi connectivity index (χ0) is 10.0. The first-order valence-corrected chi connectivity index (χ1v) is 5.88. The molecule has 0 N–H and O–H groups in total. The van der Waals surface area contributed by atoms with Crippen LogP contribution in [0.4, 0.5) is 0 Å². The molecule has 78 valence electrons. The summed E-state index contributed by atoms with van der Waals surface area (Å²) < 4.78 is 0. The third-order valence-electron chi connectivity index (χ3n) is 3.85. The van der Waals surface area contributed by atoms with Crippen molar-refractivity contribution in [1.82, 2.24) is 0 Å². The Morgan fingerprint density at radius 3 is 3.00 bits per heavy atom. The molecular formula is C13H20O. The Balaban J connectivity index is 2.02. The summed E-state index contributed by atoms with van der Waals surface area (Å²) >= 11 is 0. The van der Waals surface area contributed by atoms with E-state index in [9.17, 15) is 4.79 Å². The molecule has 0 aliphatic heterocycles. The lowest BCUT2D eigenvalue weighted by atomic mass is 9.80. The Hall–Kier alpha value is -0.590. The minimum Gasteiger partial charge on any atom is -0.303 e. The molecule has 1 fully saturated rings. The van der Waals surface area contributed by atoms with Gasteiger partial charge in [-0.2, -0.15) is 0 Å². The Labute approximate surface area is 86.6 Å². The molecule has 2 rings (SSSR count). The van der Waals surface area contributed by atoms with Gasteiger partial charge < -0.3 is 4.79 Å². The van der Waals surface area contributed by atoms with E-state index in [1.807, 2.05) is 0 Å². The van der Waals surface area contributed by atoms with E-state index in [-0.39, 0.29) is 5.41 Å². The first kappa shape index (κ1) is 9.95. The number of hydrogen-bond acceptors (Lipinski definition) is 1. The number of carbonyl (C=O) groups is 1. The highest BCUT2D eigenvalue weighted by Crippen LogP contribution is 2.45. The Kier molecular flexibility index (Phi) is 2.76. The number of aldehydes is 1. The highest BCUT2D eigenvalue weighted by Gasteiger charge is 2.37. The van der Waals surface area contributed by atoms with Crippen molar-refractivity contribution in [3.8, 4) is 0 Å². The molecule has 2 atom stereocenters. The van der Waals surface area contributed by atoms with Crippen molar-refractivity contribution >= 4 is 6.29 Å². The second-order valence-corrected chi connectivity index (χ2v) is 5.26. The summed E-state index contributed by atoms with van der Waals surface area (Å²) in [6.45, 7) is 2.27. The van der Waals surface area contributed by atoms with Crippen LogP contribution in [0.15, 0.2) is 11.6 Å². The Bertz CT molecular complexity index is 254. The van der Waals surface area contributed by atoms with Crippen LogP contribution in [0, 0.1) is 11.3 Å². The lowest BCUT2D eigenvalue weighted by Gasteiger charge is -2.22. The van der Waals surface area contributed by atoms with Crippen molar-refractivity contribution < 1.29 is 4.79 Å². The standard InChI is InChI=1S/C13H20O/c1-11-6-7-13(8-11,10-14)9-12-4-2-3-5-12/h4,10-11H,2-3,5-9H2,1H3. The molecule has 0 heterocycles. The zero-order valence-electron chi connectivity index (χ0n) is 9.09. The quantitative estimate of drug-likeness (QED) is 0.494. The predicted molar refractivity (Wildman–Crippen MR) is 58.1 cm³/mol. The maximum absolute atomic E-state index is 11.2. The molecule has 1 nitrogen and oxygen atoms in total. The zero-order valence-corrected chi connectivity index (χ0v) is 9.09. The van der Waals surface area contributed by atoms with Gasteiger partial charge in [0.1, 0.15) is 6.29 Å². The van der Waals surface area contributed by atoms with Gasteiger partial charge in [0.05, 0.1) is 0 Å². The van der Waals surface area contributed by atoms with Crippen LogP contribution in [0.1, 0.15) is 51.9 Å². The fourth-order valence-corrected chi connectivity index (χ4v) is 3.09. The molecule has 0 saturated heterocycles. The molecular weight excluding hydrogens is 172 g/mol. The lowest BCUT2D eigenvalue weighted by molar-refractivity contribution is -0.116. The molecule has 2 aliphatic rings. The van der Waals surface area contributed by atoms with E-state index < -0.39 is 0 Å². The Morgan fingerprint density at radius 2 is 2.50 bits per heavy atom. The molecule has 0 aromatic heterocycles. The fraction of sp³-hybridized carbons (Fsp3) is 0.769. The van der Waals surface area contributed by atoms with Crippen LogP contribution in [-0.2, 0) is 4.79 Å². The summed E-state index contributed by atoms with van der Waals surface area (Å²) in [4.78, 5) is 11.2. The highest BCUT2D eigenvalue weighted by molar-refractivity contribution is 5.60. The minimum absolute atomic E-state index is 0.0234. The van der Waals surface area contributed by atoms with E-state index in [4.69, 9.17) is 0 Å². The molecule has 0 aromatic carbocycles. The topological polar surface area (TPSA) is 17.1 Å². The van der Waals surface area contributed by atoms with E-state index in [1.165, 1.54) is 32.0 Å². The summed E-state index contributed by atoms with van der Waals surface area (Å²) in [5.41, 5.74) is 1.57. The van der Waals surface area contributed by atoms with Crippen molar-refractivity contribution in [1.29, 1.82) is 0 Å². The molecule has 1 heteroatoms. The van der Waals surface area contributed by atoms with Gasteiger partial charge in [0, 0.05) is 5.41 Å². The molecule has 0 bridgehead atoms. The maximum atomic E-state index is 11.2. The summed E-state index contributed by atoms with van der Waals surface area (Å²) in [6, 6.07) is 0. The summed E-state index contributed by atoms with van der Waals surface area (Å²) in [5.74, 6) is 0.752. The van der Waals surface area contributed by atoms with Crippen LogP contribution < -0.4 is 0 Å². The molecule has 1 saturated carbocycles. The van der Waals surface area contributed by atoms with Gasteiger partial charge in [-0.25, -0.2) is 0 Å². The smallest absolute Gasteiger partial charge is 0.126 e. The minimum atomic E-state index is 0.0234. The maximum Gasteiger partial charge on any atom is 0.126 e. The van der Waals surface area contributed by atoms with Crippen LogP contribution in [0.25, 0.3) is 0 Å². The van der Waals surface area contributed by atoms with Crippen molar-refractivity contribution in [2.24, 2.45) is 11.3 Å². The van der Waals surface area contributed by atoms with Gasteiger partial charge >= 0.3 is 0 Å².